The summed E-state index contributed by atoms with van der Waals surface area (Å²) in [4.78, 5) is 2.34. The van der Waals surface area contributed by atoms with E-state index < -0.39 is 0 Å². The molecule has 0 unspecified atom stereocenters. The van der Waals surface area contributed by atoms with E-state index in [1.807, 2.05) is 6.07 Å². The van der Waals surface area contributed by atoms with Crippen molar-refractivity contribution < 1.29 is 0 Å². The van der Waals surface area contributed by atoms with Crippen molar-refractivity contribution >= 4 is 22.4 Å². The smallest absolute Gasteiger partial charge is 0.139 e. The number of nitrogens with two attached hydrogens (primary N) is 1. The first-order valence-corrected chi connectivity index (χ1v) is 5.52. The molecule has 1 aromatic rings. The summed E-state index contributed by atoms with van der Waals surface area (Å²) < 4.78 is 4.08. The minimum absolute atomic E-state index is 0.636. The standard InChI is InChI=1S/C9H17N3S/c1-3-5-12(6-4-2)9-7-8(10)11-13-9/h7H,3-6H2,1-2H3,(H2,10,11). The van der Waals surface area contributed by atoms with E-state index in [4.69, 9.17) is 5.73 Å². The van der Waals surface area contributed by atoms with Gasteiger partial charge in [-0.2, -0.15) is 4.37 Å². The van der Waals surface area contributed by atoms with Gasteiger partial charge in [0, 0.05) is 19.2 Å². The van der Waals surface area contributed by atoms with E-state index >= 15 is 0 Å². The van der Waals surface area contributed by atoms with Crippen molar-refractivity contribution in [2.24, 2.45) is 0 Å². The summed E-state index contributed by atoms with van der Waals surface area (Å²) in [6.07, 6.45) is 2.33. The molecule has 3 nitrogen and oxygen atoms in total. The SMILES string of the molecule is CCCN(CCC)c1cc(N)ns1. The highest BCUT2D eigenvalue weighted by molar-refractivity contribution is 7.10. The molecule has 0 amide bonds. The third-order valence-corrected chi connectivity index (χ3v) is 2.68. The molecule has 0 spiro atoms. The second kappa shape index (κ2) is 5.07. The Morgan fingerprint density at radius 3 is 2.38 bits per heavy atom. The van der Waals surface area contributed by atoms with Crippen LogP contribution in [0.15, 0.2) is 6.07 Å². The maximum atomic E-state index is 5.58. The molecule has 0 atom stereocenters. The fourth-order valence-corrected chi connectivity index (χ4v) is 2.02. The van der Waals surface area contributed by atoms with Crippen LogP contribution in [0.25, 0.3) is 0 Å². The van der Waals surface area contributed by atoms with Gasteiger partial charge in [-0.3, -0.25) is 0 Å². The van der Waals surface area contributed by atoms with Crippen molar-refractivity contribution in [2.75, 3.05) is 23.7 Å². The summed E-state index contributed by atoms with van der Waals surface area (Å²) in [6, 6.07) is 1.95. The van der Waals surface area contributed by atoms with Gasteiger partial charge in [0.15, 0.2) is 0 Å². The van der Waals surface area contributed by atoms with Gasteiger partial charge in [0.25, 0.3) is 0 Å². The van der Waals surface area contributed by atoms with E-state index in [9.17, 15) is 0 Å². The van der Waals surface area contributed by atoms with Crippen molar-refractivity contribution in [1.29, 1.82) is 0 Å². The Labute approximate surface area is 83.7 Å². The molecule has 13 heavy (non-hydrogen) atoms. The average Bonchev–Trinajstić information content (AvgIpc) is 2.51. The Balaban J connectivity index is 2.63. The molecule has 0 radical (unpaired) electrons. The number of nitrogens with zero attached hydrogens (tertiary/aromatic N) is 2. The first-order valence-electron chi connectivity index (χ1n) is 4.75. The Morgan fingerprint density at radius 1 is 1.38 bits per heavy atom. The van der Waals surface area contributed by atoms with Crippen LogP contribution in [0.3, 0.4) is 0 Å². The number of hydrogen-bond donors (Lipinski definition) is 1. The largest absolute Gasteiger partial charge is 0.383 e. The third-order valence-electron chi connectivity index (χ3n) is 1.81. The Morgan fingerprint density at radius 2 is 2.00 bits per heavy atom. The lowest BCUT2D eigenvalue weighted by atomic mass is 10.3. The lowest BCUT2D eigenvalue weighted by molar-refractivity contribution is 0.751. The van der Waals surface area contributed by atoms with Crippen molar-refractivity contribution in [1.82, 2.24) is 4.37 Å². The van der Waals surface area contributed by atoms with Crippen LogP contribution in [0.4, 0.5) is 10.8 Å². The van der Waals surface area contributed by atoms with Gasteiger partial charge >= 0.3 is 0 Å². The topological polar surface area (TPSA) is 42.1 Å². The molecule has 0 saturated heterocycles. The molecule has 1 heterocycles. The summed E-state index contributed by atoms with van der Waals surface area (Å²) >= 11 is 1.49. The van der Waals surface area contributed by atoms with Crippen LogP contribution in [-0.2, 0) is 0 Å². The summed E-state index contributed by atoms with van der Waals surface area (Å²) in [7, 11) is 0. The van der Waals surface area contributed by atoms with Gasteiger partial charge in [-0.15, -0.1) is 0 Å². The van der Waals surface area contributed by atoms with Crippen LogP contribution < -0.4 is 10.6 Å². The van der Waals surface area contributed by atoms with E-state index in [1.165, 1.54) is 16.5 Å². The second-order valence-corrected chi connectivity index (χ2v) is 3.86. The van der Waals surface area contributed by atoms with Crippen molar-refractivity contribution in [3.63, 3.8) is 0 Å². The van der Waals surface area contributed by atoms with Crippen LogP contribution in [0.1, 0.15) is 26.7 Å². The molecule has 2 N–H and O–H groups in total. The lowest BCUT2D eigenvalue weighted by Gasteiger charge is -2.20. The van der Waals surface area contributed by atoms with Gasteiger partial charge < -0.3 is 10.6 Å². The minimum Gasteiger partial charge on any atom is -0.383 e. The third kappa shape index (κ3) is 2.88. The van der Waals surface area contributed by atoms with Gasteiger partial charge in [0.05, 0.1) is 0 Å². The maximum Gasteiger partial charge on any atom is 0.139 e. The number of nitrogen functional groups attached to an aromatic ring is 1. The normalized spacial score (nSPS) is 10.3. The summed E-state index contributed by atoms with van der Waals surface area (Å²) in [6.45, 7) is 6.56. The van der Waals surface area contributed by atoms with Crippen molar-refractivity contribution in [3.05, 3.63) is 6.07 Å². The maximum absolute atomic E-state index is 5.58. The molecule has 0 aromatic carbocycles. The fourth-order valence-electron chi connectivity index (χ4n) is 1.30. The minimum atomic E-state index is 0.636. The second-order valence-electron chi connectivity index (χ2n) is 3.08. The zero-order chi connectivity index (χ0) is 9.68. The Kier molecular flexibility index (Phi) is 4.02. The van der Waals surface area contributed by atoms with Gasteiger partial charge in [-0.1, -0.05) is 13.8 Å². The molecular weight excluding hydrogens is 182 g/mol. The highest BCUT2D eigenvalue weighted by atomic mass is 32.1. The lowest BCUT2D eigenvalue weighted by Crippen LogP contribution is -2.23. The molecule has 74 valence electrons. The van der Waals surface area contributed by atoms with E-state index in [-0.39, 0.29) is 0 Å². The monoisotopic (exact) mass is 199 g/mol. The van der Waals surface area contributed by atoms with Gasteiger partial charge in [0.1, 0.15) is 10.8 Å². The molecule has 0 bridgehead atoms. The molecule has 0 fully saturated rings. The number of rotatable bonds is 5. The molecule has 0 aliphatic heterocycles. The highest BCUT2D eigenvalue weighted by Crippen LogP contribution is 2.23. The Hall–Kier alpha value is -0.770. The summed E-state index contributed by atoms with van der Waals surface area (Å²) in [5.74, 6) is 0.636. The van der Waals surface area contributed by atoms with E-state index in [2.05, 4.69) is 23.1 Å². The molecule has 0 saturated carbocycles. The predicted molar refractivity (Wildman–Crippen MR) is 59.3 cm³/mol. The highest BCUT2D eigenvalue weighted by Gasteiger charge is 2.07. The summed E-state index contributed by atoms with van der Waals surface area (Å²) in [5, 5.41) is 1.20. The molecule has 0 aliphatic rings. The van der Waals surface area contributed by atoms with Crippen LogP contribution in [0.2, 0.25) is 0 Å². The zero-order valence-electron chi connectivity index (χ0n) is 8.29. The molecule has 0 aliphatic carbocycles. The van der Waals surface area contributed by atoms with Gasteiger partial charge in [0.2, 0.25) is 0 Å². The van der Waals surface area contributed by atoms with Crippen LogP contribution in [-0.4, -0.2) is 17.5 Å². The first-order chi connectivity index (χ1) is 6.27. The molecule has 4 heteroatoms. The van der Waals surface area contributed by atoms with Gasteiger partial charge in [-0.25, -0.2) is 0 Å². The van der Waals surface area contributed by atoms with Crippen LogP contribution >= 0.6 is 11.5 Å². The molecule has 1 rings (SSSR count). The van der Waals surface area contributed by atoms with Crippen molar-refractivity contribution in [2.45, 2.75) is 26.7 Å². The van der Waals surface area contributed by atoms with Crippen LogP contribution in [0.5, 0.6) is 0 Å². The van der Waals surface area contributed by atoms with Gasteiger partial charge in [-0.05, 0) is 24.4 Å². The number of aromatic nitrogens is 1. The van der Waals surface area contributed by atoms with Crippen molar-refractivity contribution in [3.8, 4) is 0 Å². The number of hydrogen-bond acceptors (Lipinski definition) is 4. The quantitative estimate of drug-likeness (QED) is 0.791. The number of anilines is 2. The fraction of sp³-hybridized carbons (Fsp3) is 0.667. The van der Waals surface area contributed by atoms with Crippen LogP contribution in [0, 0.1) is 0 Å². The zero-order valence-corrected chi connectivity index (χ0v) is 9.10. The predicted octanol–water partition coefficient (Wildman–Crippen LogP) is 2.35. The molecule has 1 aromatic heterocycles. The Bertz CT molecular complexity index is 241. The van der Waals surface area contributed by atoms with E-state index in [0.717, 1.165) is 25.9 Å². The van der Waals surface area contributed by atoms with E-state index in [1.54, 1.807) is 0 Å². The first kappa shape index (κ1) is 10.3. The molecular formula is C9H17N3S. The summed E-state index contributed by atoms with van der Waals surface area (Å²) in [5.41, 5.74) is 5.58. The van der Waals surface area contributed by atoms with E-state index in [0.29, 0.717) is 5.82 Å². The average molecular weight is 199 g/mol.